The zero-order chi connectivity index (χ0) is 25.9. The maximum absolute atomic E-state index is 14.6. The minimum absolute atomic E-state index is 0.0308. The number of amides is 2. The van der Waals surface area contributed by atoms with E-state index in [1.807, 2.05) is 56.3 Å². The number of thioether (sulfide) groups is 1. The number of benzene rings is 3. The maximum atomic E-state index is 14.6. The summed E-state index contributed by atoms with van der Waals surface area (Å²) >= 11 is 1.51. The Morgan fingerprint density at radius 2 is 1.56 bits per heavy atom. The van der Waals surface area contributed by atoms with Crippen molar-refractivity contribution in [1.82, 2.24) is 10.2 Å². The highest BCUT2D eigenvalue weighted by Gasteiger charge is 2.30. The first kappa shape index (κ1) is 27.5. The first-order chi connectivity index (χ1) is 17.3. The van der Waals surface area contributed by atoms with Crippen molar-refractivity contribution in [3.05, 3.63) is 107 Å². The van der Waals surface area contributed by atoms with E-state index in [0.717, 1.165) is 5.56 Å². The second-order valence-corrected chi connectivity index (χ2v) is 10.4. The molecule has 2 amide bonds. The van der Waals surface area contributed by atoms with Crippen LogP contribution < -0.4 is 5.32 Å². The van der Waals surface area contributed by atoms with Crippen LogP contribution in [-0.2, 0) is 28.3 Å². The van der Waals surface area contributed by atoms with Gasteiger partial charge in [-0.05, 0) is 35.6 Å². The van der Waals surface area contributed by atoms with Crippen LogP contribution in [0.25, 0.3) is 0 Å². The number of nitrogens with one attached hydrogen (secondary N) is 1. The summed E-state index contributed by atoms with van der Waals surface area (Å²) in [4.78, 5) is 28.6. The highest BCUT2D eigenvalue weighted by Crippen LogP contribution is 2.20. The third-order valence-electron chi connectivity index (χ3n) is 6.00. The molecule has 0 fully saturated rings. The molecule has 0 aliphatic rings. The van der Waals surface area contributed by atoms with E-state index in [-0.39, 0.29) is 35.8 Å². The Balaban J connectivity index is 1.86. The number of carbonyl (C=O) groups excluding carboxylic acids is 2. The molecule has 0 bridgehead atoms. The summed E-state index contributed by atoms with van der Waals surface area (Å²) in [5, 5.41) is 2.99. The minimum atomic E-state index is -0.752. The van der Waals surface area contributed by atoms with E-state index in [1.54, 1.807) is 23.1 Å². The number of hydrogen-bond donors (Lipinski definition) is 1. The van der Waals surface area contributed by atoms with Crippen LogP contribution in [0.5, 0.6) is 0 Å². The minimum Gasteiger partial charge on any atom is -0.354 e. The Labute approximate surface area is 218 Å². The predicted octanol–water partition coefficient (Wildman–Crippen LogP) is 5.78. The van der Waals surface area contributed by atoms with Crippen molar-refractivity contribution in [3.63, 3.8) is 0 Å². The van der Waals surface area contributed by atoms with Gasteiger partial charge in [-0.15, -0.1) is 11.8 Å². The quantitative estimate of drug-likeness (QED) is 0.339. The van der Waals surface area contributed by atoms with Crippen LogP contribution in [0.3, 0.4) is 0 Å². The van der Waals surface area contributed by atoms with Crippen molar-refractivity contribution in [2.24, 2.45) is 5.92 Å². The molecule has 1 unspecified atom stereocenters. The topological polar surface area (TPSA) is 49.4 Å². The van der Waals surface area contributed by atoms with E-state index in [1.165, 1.54) is 29.0 Å². The van der Waals surface area contributed by atoms with Crippen LogP contribution in [0.1, 0.15) is 36.1 Å². The van der Waals surface area contributed by atoms with Crippen molar-refractivity contribution < 1.29 is 14.0 Å². The van der Waals surface area contributed by atoms with E-state index in [4.69, 9.17) is 0 Å². The molecule has 190 valence electrons. The first-order valence-corrected chi connectivity index (χ1v) is 13.5. The smallest absolute Gasteiger partial charge is 0.243 e. The van der Waals surface area contributed by atoms with Crippen molar-refractivity contribution >= 4 is 23.6 Å². The average molecular weight is 507 g/mol. The van der Waals surface area contributed by atoms with Crippen molar-refractivity contribution in [3.8, 4) is 0 Å². The van der Waals surface area contributed by atoms with E-state index in [0.29, 0.717) is 24.3 Å². The number of halogens is 1. The Morgan fingerprint density at radius 1 is 0.917 bits per heavy atom. The molecule has 0 aromatic heterocycles. The fourth-order valence-electron chi connectivity index (χ4n) is 3.89. The molecule has 3 aromatic carbocycles. The molecule has 0 heterocycles. The van der Waals surface area contributed by atoms with E-state index in [2.05, 4.69) is 24.4 Å². The van der Waals surface area contributed by atoms with Crippen LogP contribution in [0.15, 0.2) is 78.9 Å². The van der Waals surface area contributed by atoms with Gasteiger partial charge in [0.15, 0.2) is 0 Å². The molecule has 1 N–H and O–H groups in total. The molecule has 0 radical (unpaired) electrons. The van der Waals surface area contributed by atoms with Gasteiger partial charge in [-0.2, -0.15) is 0 Å². The third-order valence-corrected chi connectivity index (χ3v) is 6.96. The summed E-state index contributed by atoms with van der Waals surface area (Å²) < 4.78 is 14.6. The van der Waals surface area contributed by atoms with Crippen LogP contribution in [0.2, 0.25) is 0 Å². The van der Waals surface area contributed by atoms with Crippen molar-refractivity contribution in [1.29, 1.82) is 0 Å². The summed E-state index contributed by atoms with van der Waals surface area (Å²) in [6.07, 6.45) is 0.355. The van der Waals surface area contributed by atoms with Crippen molar-refractivity contribution in [2.75, 3.05) is 12.3 Å². The van der Waals surface area contributed by atoms with Gasteiger partial charge in [0.25, 0.3) is 0 Å². The van der Waals surface area contributed by atoms with Gasteiger partial charge in [-0.25, -0.2) is 4.39 Å². The van der Waals surface area contributed by atoms with Gasteiger partial charge in [0.2, 0.25) is 11.8 Å². The Bertz CT molecular complexity index is 1140. The monoisotopic (exact) mass is 506 g/mol. The lowest BCUT2D eigenvalue weighted by atomic mass is 10.0. The summed E-state index contributed by atoms with van der Waals surface area (Å²) in [5.41, 5.74) is 3.69. The normalized spacial score (nSPS) is 11.8. The fraction of sp³-hybridized carbons (Fsp3) is 0.333. The molecule has 4 nitrogen and oxygen atoms in total. The van der Waals surface area contributed by atoms with Gasteiger partial charge in [0.1, 0.15) is 11.9 Å². The highest BCUT2D eigenvalue weighted by molar-refractivity contribution is 7.99. The molecule has 0 spiro atoms. The number of hydrogen-bond acceptors (Lipinski definition) is 3. The Kier molecular flexibility index (Phi) is 10.6. The molecule has 0 aliphatic heterocycles. The Morgan fingerprint density at radius 3 is 2.22 bits per heavy atom. The molecule has 3 rings (SSSR count). The average Bonchev–Trinajstić information content (AvgIpc) is 2.87. The number of nitrogens with zero attached hydrogens (tertiary/aromatic N) is 1. The standard InChI is InChI=1S/C30H35FN2O2S/c1-22(2)18-32-30(35)28(17-24-12-5-4-6-13-24)33(19-25-14-9-10-16-27(25)31)29(34)21-36-20-26-15-8-7-11-23(26)3/h4-16,22,28H,17-21H2,1-3H3,(H,32,35). The zero-order valence-electron chi connectivity index (χ0n) is 21.2. The van der Waals surface area contributed by atoms with Crippen molar-refractivity contribution in [2.45, 2.75) is 45.5 Å². The molecule has 0 aliphatic carbocycles. The molecule has 6 heteroatoms. The number of carbonyl (C=O) groups is 2. The zero-order valence-corrected chi connectivity index (χ0v) is 22.1. The summed E-state index contributed by atoms with van der Waals surface area (Å²) in [5.74, 6) is 0.370. The molecule has 36 heavy (non-hydrogen) atoms. The highest BCUT2D eigenvalue weighted by atomic mass is 32.2. The second kappa shape index (κ2) is 13.8. The molecule has 3 aromatic rings. The summed E-state index contributed by atoms with van der Waals surface area (Å²) in [7, 11) is 0. The largest absolute Gasteiger partial charge is 0.354 e. The van der Waals surface area contributed by atoms with Crippen LogP contribution in [-0.4, -0.2) is 35.1 Å². The van der Waals surface area contributed by atoms with Gasteiger partial charge in [-0.3, -0.25) is 9.59 Å². The van der Waals surface area contributed by atoms with Crippen LogP contribution in [0, 0.1) is 18.7 Å². The lowest BCUT2D eigenvalue weighted by Crippen LogP contribution is -2.51. The molecule has 0 saturated carbocycles. The molecular weight excluding hydrogens is 471 g/mol. The second-order valence-electron chi connectivity index (χ2n) is 9.38. The predicted molar refractivity (Wildman–Crippen MR) is 146 cm³/mol. The van der Waals surface area contributed by atoms with Gasteiger partial charge >= 0.3 is 0 Å². The van der Waals surface area contributed by atoms with E-state index >= 15 is 0 Å². The first-order valence-electron chi connectivity index (χ1n) is 12.3. The van der Waals surface area contributed by atoms with Crippen LogP contribution >= 0.6 is 11.8 Å². The van der Waals surface area contributed by atoms with Gasteiger partial charge in [-0.1, -0.05) is 86.6 Å². The third kappa shape index (κ3) is 8.23. The summed E-state index contributed by atoms with van der Waals surface area (Å²) in [6, 6.07) is 23.4. The van der Waals surface area contributed by atoms with Gasteiger partial charge < -0.3 is 10.2 Å². The molecular formula is C30H35FN2O2S. The SMILES string of the molecule is Cc1ccccc1CSCC(=O)N(Cc1ccccc1F)C(Cc1ccccc1)C(=O)NCC(C)C. The lowest BCUT2D eigenvalue weighted by molar-refractivity contribution is -0.139. The van der Waals surface area contributed by atoms with Gasteiger partial charge in [0, 0.05) is 30.8 Å². The lowest BCUT2D eigenvalue weighted by Gasteiger charge is -2.32. The summed E-state index contributed by atoms with van der Waals surface area (Å²) in [6.45, 7) is 6.64. The van der Waals surface area contributed by atoms with Gasteiger partial charge in [0.05, 0.1) is 5.75 Å². The Hall–Kier alpha value is -3.12. The number of rotatable bonds is 12. The fourth-order valence-corrected chi connectivity index (χ4v) is 4.88. The van der Waals surface area contributed by atoms with E-state index < -0.39 is 6.04 Å². The van der Waals surface area contributed by atoms with Crippen LogP contribution in [0.4, 0.5) is 4.39 Å². The molecule has 1 atom stereocenters. The van der Waals surface area contributed by atoms with E-state index in [9.17, 15) is 14.0 Å². The molecule has 0 saturated heterocycles. The number of aryl methyl sites for hydroxylation is 1. The maximum Gasteiger partial charge on any atom is 0.243 e.